The van der Waals surface area contributed by atoms with Crippen molar-refractivity contribution in [2.75, 3.05) is 52.9 Å². The van der Waals surface area contributed by atoms with Crippen LogP contribution in [0.15, 0.2) is 0 Å². The first kappa shape index (κ1) is 51.2. The van der Waals surface area contributed by atoms with E-state index in [2.05, 4.69) is 4.74 Å². The van der Waals surface area contributed by atoms with Crippen LogP contribution in [0.25, 0.3) is 0 Å². The van der Waals surface area contributed by atoms with E-state index in [-0.39, 0.29) is 0 Å². The summed E-state index contributed by atoms with van der Waals surface area (Å²) < 4.78 is 35.5. The zero-order valence-corrected chi connectivity index (χ0v) is 30.4. The molecule has 0 amide bonds. The second-order valence-corrected chi connectivity index (χ2v) is 13.9. The van der Waals surface area contributed by atoms with Crippen LogP contribution in [-0.2, 0) is 33.2 Å². The number of rotatable bonds is 12. The molecule has 0 bridgehead atoms. The molecule has 5 heterocycles. The Labute approximate surface area is 327 Å². The van der Waals surface area contributed by atoms with Gasteiger partial charge in [0.05, 0.1) is 39.6 Å². The molecule has 5 aliphatic heterocycles. The average molecular weight is 865 g/mol. The van der Waals surface area contributed by atoms with E-state index < -0.39 is 187 Å². The first-order chi connectivity index (χ1) is 27.2. The maximum Gasteiger partial charge on any atom is 0.224 e. The van der Waals surface area contributed by atoms with Crippen molar-refractivity contribution in [3.63, 3.8) is 0 Å². The lowest BCUT2D eigenvalue weighted by atomic mass is 9.99. The third kappa shape index (κ3) is 10.2. The monoisotopic (exact) mass is 864 g/mol. The van der Waals surface area contributed by atoms with Crippen molar-refractivity contribution < 1.29 is 140 Å². The molecule has 0 aromatic rings. The SMILES string of the molecule is OC[C@H]1O[C@@](CO)(O[C@H]2O[C@H](CO)[C@@H](O)[C@H](O)[C@H]2O)[C@@H](O)[C@@H]1O.OC[C@H]1O[C@@](CO)(O[C@H]2O[C@H](CO)[C@@H](O)[C@H](O)[C@H]2O)[C@@H](O)[C@@H]1O.OC[C@H]1O[C@](O)(CO)[C@@H](O)[C@@H]1O. The molecule has 5 aliphatic rings. The summed E-state index contributed by atoms with van der Waals surface area (Å²) in [5, 5.41) is 198. The van der Waals surface area contributed by atoms with Crippen molar-refractivity contribution >= 4 is 0 Å². The van der Waals surface area contributed by atoms with Crippen LogP contribution in [0.4, 0.5) is 0 Å². The second-order valence-electron chi connectivity index (χ2n) is 13.9. The number of hydrogen-bond acceptors (Lipinski definition) is 28. The van der Waals surface area contributed by atoms with E-state index in [1.54, 1.807) is 0 Å². The number of aliphatic hydroxyl groups is 21. The Morgan fingerprint density at radius 2 is 0.655 bits per heavy atom. The van der Waals surface area contributed by atoms with Gasteiger partial charge in [-0.2, -0.15) is 0 Å². The first-order valence-electron chi connectivity index (χ1n) is 17.6. The van der Waals surface area contributed by atoms with E-state index >= 15 is 0 Å². The van der Waals surface area contributed by atoms with Crippen LogP contribution in [0.5, 0.6) is 0 Å². The Morgan fingerprint density at radius 3 is 0.897 bits per heavy atom. The quantitative estimate of drug-likeness (QED) is 0.0866. The molecule has 344 valence electrons. The summed E-state index contributed by atoms with van der Waals surface area (Å²) in [5.74, 6) is -6.60. The minimum absolute atomic E-state index is 0.527. The van der Waals surface area contributed by atoms with Gasteiger partial charge in [0.1, 0.15) is 117 Å². The minimum Gasteiger partial charge on any atom is -0.394 e. The zero-order valence-electron chi connectivity index (χ0n) is 30.4. The van der Waals surface area contributed by atoms with Crippen molar-refractivity contribution in [3.05, 3.63) is 0 Å². The highest BCUT2D eigenvalue weighted by Gasteiger charge is 2.60. The summed E-state index contributed by atoms with van der Waals surface area (Å²) >= 11 is 0. The van der Waals surface area contributed by atoms with Gasteiger partial charge in [-0.25, -0.2) is 0 Å². The number of hydrogen-bond donors (Lipinski definition) is 21. The molecule has 28 heteroatoms. The lowest BCUT2D eigenvalue weighted by molar-refractivity contribution is -0.383. The molecular formula is C30H56O28. The highest BCUT2D eigenvalue weighted by Crippen LogP contribution is 2.37. The Bertz CT molecular complexity index is 1150. The molecule has 0 aromatic heterocycles. The highest BCUT2D eigenvalue weighted by atomic mass is 16.8. The number of aliphatic hydroxyl groups excluding tert-OH is 20. The van der Waals surface area contributed by atoms with Gasteiger partial charge in [-0.3, -0.25) is 0 Å². The van der Waals surface area contributed by atoms with Gasteiger partial charge >= 0.3 is 0 Å². The lowest BCUT2D eigenvalue weighted by Crippen LogP contribution is -2.62. The highest BCUT2D eigenvalue weighted by molar-refractivity contribution is 5.00. The van der Waals surface area contributed by atoms with Crippen LogP contribution in [0.1, 0.15) is 0 Å². The Hall–Kier alpha value is -1.12. The minimum atomic E-state index is -2.22. The van der Waals surface area contributed by atoms with Gasteiger partial charge in [0.25, 0.3) is 0 Å². The Morgan fingerprint density at radius 1 is 0.345 bits per heavy atom. The topological polar surface area (TPSA) is 489 Å². The van der Waals surface area contributed by atoms with E-state index in [9.17, 15) is 66.4 Å². The molecule has 22 atom stereocenters. The molecule has 28 nitrogen and oxygen atoms in total. The van der Waals surface area contributed by atoms with Gasteiger partial charge in [-0.1, -0.05) is 0 Å². The maximum atomic E-state index is 10.00. The van der Waals surface area contributed by atoms with E-state index in [4.69, 9.17) is 69.3 Å². The maximum absolute atomic E-state index is 10.00. The van der Waals surface area contributed by atoms with Crippen molar-refractivity contribution in [1.82, 2.24) is 0 Å². The largest absolute Gasteiger partial charge is 0.394 e. The van der Waals surface area contributed by atoms with Crippen molar-refractivity contribution in [1.29, 1.82) is 0 Å². The molecule has 5 saturated heterocycles. The summed E-state index contributed by atoms with van der Waals surface area (Å²) in [5.41, 5.74) is 0. The van der Waals surface area contributed by atoms with E-state index in [1.807, 2.05) is 0 Å². The third-order valence-electron chi connectivity index (χ3n) is 10.1. The van der Waals surface area contributed by atoms with Gasteiger partial charge in [0.2, 0.25) is 17.4 Å². The van der Waals surface area contributed by atoms with Crippen LogP contribution in [0, 0.1) is 0 Å². The lowest BCUT2D eigenvalue weighted by Gasteiger charge is -2.43. The summed E-state index contributed by atoms with van der Waals surface area (Å²) in [4.78, 5) is 0. The molecular weight excluding hydrogens is 808 g/mol. The van der Waals surface area contributed by atoms with Crippen molar-refractivity contribution in [2.45, 2.75) is 134 Å². The Kier molecular flexibility index (Phi) is 18.8. The van der Waals surface area contributed by atoms with Crippen LogP contribution < -0.4 is 0 Å². The van der Waals surface area contributed by atoms with E-state index in [1.165, 1.54) is 0 Å². The smallest absolute Gasteiger partial charge is 0.224 e. The third-order valence-corrected chi connectivity index (χ3v) is 10.1. The normalized spacial score (nSPS) is 50.5. The fourth-order valence-electron chi connectivity index (χ4n) is 6.41. The van der Waals surface area contributed by atoms with Crippen LogP contribution in [0.3, 0.4) is 0 Å². The van der Waals surface area contributed by atoms with Crippen molar-refractivity contribution in [3.8, 4) is 0 Å². The van der Waals surface area contributed by atoms with Gasteiger partial charge in [0, 0.05) is 0 Å². The number of ether oxygens (including phenoxy) is 7. The predicted octanol–water partition coefficient (Wildman–Crippen LogP) is -14.0. The zero-order chi connectivity index (χ0) is 44.1. The fraction of sp³-hybridized carbons (Fsp3) is 1.00. The first-order valence-corrected chi connectivity index (χ1v) is 17.6. The molecule has 5 fully saturated rings. The molecule has 0 aromatic carbocycles. The molecule has 0 unspecified atom stereocenters. The molecule has 0 aliphatic carbocycles. The van der Waals surface area contributed by atoms with Gasteiger partial charge in [-0.05, 0) is 0 Å². The van der Waals surface area contributed by atoms with Crippen LogP contribution in [-0.4, -0.2) is 294 Å². The van der Waals surface area contributed by atoms with Gasteiger partial charge < -0.3 is 140 Å². The summed E-state index contributed by atoms with van der Waals surface area (Å²) in [6, 6.07) is 0. The molecule has 5 rings (SSSR count). The van der Waals surface area contributed by atoms with Crippen molar-refractivity contribution in [2.24, 2.45) is 0 Å². The summed E-state index contributed by atoms with van der Waals surface area (Å²) in [6.07, 6.45) is -29.3. The molecule has 58 heavy (non-hydrogen) atoms. The molecule has 0 spiro atoms. The van der Waals surface area contributed by atoms with Gasteiger partial charge in [0.15, 0.2) is 12.6 Å². The van der Waals surface area contributed by atoms with Gasteiger partial charge in [-0.15, -0.1) is 0 Å². The predicted molar refractivity (Wildman–Crippen MR) is 173 cm³/mol. The molecule has 21 N–H and O–H groups in total. The molecule has 0 saturated carbocycles. The van der Waals surface area contributed by atoms with E-state index in [0.29, 0.717) is 0 Å². The average Bonchev–Trinajstić information content (AvgIpc) is 3.72. The Balaban J connectivity index is 0.000000245. The summed E-state index contributed by atoms with van der Waals surface area (Å²) in [7, 11) is 0. The van der Waals surface area contributed by atoms with Crippen LogP contribution in [0.2, 0.25) is 0 Å². The van der Waals surface area contributed by atoms with E-state index in [0.717, 1.165) is 0 Å². The summed E-state index contributed by atoms with van der Waals surface area (Å²) in [6.45, 7) is -6.00. The fourth-order valence-corrected chi connectivity index (χ4v) is 6.41. The standard InChI is InChI=1S/2C12H22O11.C6H12O6/c2*13-1-4-6(16)8(18)9(19)11(21-4)23-12(3-15)10(20)7(17)5(2-14)22-12;7-1-3-4(9)5(10)6(11,2-8)12-3/h2*4-11,13-20H,1-3H2;3-5,7-11H,1-2H2/t2*4-,5-,6-,7-,8+,9-,10+,11-,12+;3-,4-,5+,6-/m111/s1. The molecule has 0 radical (unpaired) electrons. The second kappa shape index (κ2) is 21.3. The van der Waals surface area contributed by atoms with Crippen LogP contribution >= 0.6 is 0 Å².